The third-order valence-corrected chi connectivity index (χ3v) is 3.56. The normalized spacial score (nSPS) is 12.8. The lowest BCUT2D eigenvalue weighted by molar-refractivity contribution is -0.0586. The van der Waals surface area contributed by atoms with Gasteiger partial charge in [-0.15, -0.1) is 0 Å². The molecule has 24 heavy (non-hydrogen) atoms. The van der Waals surface area contributed by atoms with Crippen LogP contribution in [0, 0.1) is 0 Å². The topological polar surface area (TPSA) is 82.1 Å². The first-order valence-electron chi connectivity index (χ1n) is 6.99. The van der Waals surface area contributed by atoms with Gasteiger partial charge in [0.2, 0.25) is 0 Å². The van der Waals surface area contributed by atoms with Gasteiger partial charge in [-0.05, 0) is 30.3 Å². The lowest BCUT2D eigenvalue weighted by Crippen LogP contribution is -2.32. The maximum absolute atomic E-state index is 12.4. The smallest absolute Gasteiger partial charge is 0.367 e. The number of carbonyl (C=O) groups excluding carboxylic acids is 3. The minimum absolute atomic E-state index is 0.0356. The number of fused-ring (bicyclic) bond motifs is 1. The van der Waals surface area contributed by atoms with Crippen molar-refractivity contribution >= 4 is 17.8 Å². The van der Waals surface area contributed by atoms with E-state index < -0.39 is 17.8 Å². The summed E-state index contributed by atoms with van der Waals surface area (Å²) < 4.78 is 10.2. The Bertz CT molecular complexity index is 810. The lowest BCUT2D eigenvalue weighted by Gasteiger charge is -2.14. The van der Waals surface area contributed by atoms with Gasteiger partial charge in [0.15, 0.2) is 0 Å². The van der Waals surface area contributed by atoms with Crippen LogP contribution in [-0.4, -0.2) is 37.1 Å². The molecule has 0 spiro atoms. The summed E-state index contributed by atoms with van der Waals surface area (Å²) in [5.74, 6) is -1.64. The summed E-state index contributed by atoms with van der Waals surface area (Å²) in [5, 5.41) is 0.450. The molecule has 2 aromatic rings. The average Bonchev–Trinajstić information content (AvgIpc) is 2.86. The van der Waals surface area contributed by atoms with Gasteiger partial charge in [-0.3, -0.25) is 9.59 Å². The first kappa shape index (κ1) is 15.5. The zero-order valence-electron chi connectivity index (χ0n) is 12.9. The van der Waals surface area contributed by atoms with E-state index in [9.17, 15) is 14.4 Å². The molecule has 1 aliphatic rings. The summed E-state index contributed by atoms with van der Waals surface area (Å²) in [6, 6.07) is 10.8. The van der Waals surface area contributed by atoms with Crippen molar-refractivity contribution in [2.24, 2.45) is 0 Å². The summed E-state index contributed by atoms with van der Waals surface area (Å²) in [4.78, 5) is 41.8. The van der Waals surface area contributed by atoms with E-state index in [1.807, 2.05) is 0 Å². The predicted octanol–water partition coefficient (Wildman–Crippen LogP) is 2.07. The van der Waals surface area contributed by atoms with Crippen LogP contribution in [0.15, 0.2) is 42.5 Å². The van der Waals surface area contributed by atoms with E-state index in [0.717, 1.165) is 0 Å². The SMILES string of the molecule is COc1ccc(OC)c(C(=O)ON2C(=O)c3ccccc3C2=O)c1. The Labute approximate surface area is 137 Å². The highest BCUT2D eigenvalue weighted by molar-refractivity contribution is 6.21. The Morgan fingerprint density at radius 1 is 0.917 bits per heavy atom. The molecule has 0 aliphatic carbocycles. The number of rotatable bonds is 4. The van der Waals surface area contributed by atoms with Crippen LogP contribution in [0.3, 0.4) is 0 Å². The molecule has 0 fully saturated rings. The standard InChI is InChI=1S/C17H13NO6/c1-22-10-7-8-14(23-2)13(9-10)17(21)24-18-15(19)11-5-3-4-6-12(11)16(18)20/h3-9H,1-2H3. The Morgan fingerprint density at radius 3 is 2.08 bits per heavy atom. The van der Waals surface area contributed by atoms with Crippen LogP contribution >= 0.6 is 0 Å². The zero-order chi connectivity index (χ0) is 17.3. The van der Waals surface area contributed by atoms with Crippen LogP contribution in [0.2, 0.25) is 0 Å². The van der Waals surface area contributed by atoms with Gasteiger partial charge in [0.25, 0.3) is 11.8 Å². The summed E-state index contributed by atoms with van der Waals surface area (Å²) in [6.45, 7) is 0. The van der Waals surface area contributed by atoms with E-state index in [4.69, 9.17) is 14.3 Å². The second-order valence-electron chi connectivity index (χ2n) is 4.90. The monoisotopic (exact) mass is 327 g/mol. The van der Waals surface area contributed by atoms with Gasteiger partial charge >= 0.3 is 5.97 Å². The van der Waals surface area contributed by atoms with Crippen molar-refractivity contribution in [3.8, 4) is 11.5 Å². The maximum Gasteiger partial charge on any atom is 0.367 e. The third-order valence-electron chi connectivity index (χ3n) is 3.56. The number of imide groups is 1. The number of amides is 2. The number of nitrogens with zero attached hydrogens (tertiary/aromatic N) is 1. The van der Waals surface area contributed by atoms with E-state index in [1.165, 1.54) is 38.5 Å². The molecule has 0 radical (unpaired) electrons. The fraction of sp³-hybridized carbons (Fsp3) is 0.118. The summed E-state index contributed by atoms with van der Waals surface area (Å²) in [5.41, 5.74) is 0.411. The predicted molar refractivity (Wildman–Crippen MR) is 81.9 cm³/mol. The quantitative estimate of drug-likeness (QED) is 0.800. The van der Waals surface area contributed by atoms with Crippen LogP contribution in [0.4, 0.5) is 0 Å². The Kier molecular flexibility index (Phi) is 3.91. The van der Waals surface area contributed by atoms with Crippen LogP contribution in [0.1, 0.15) is 31.1 Å². The molecule has 0 unspecified atom stereocenters. The molecule has 0 N–H and O–H groups in total. The first-order chi connectivity index (χ1) is 11.6. The molecule has 0 saturated carbocycles. The van der Waals surface area contributed by atoms with Crippen LogP contribution < -0.4 is 9.47 Å². The molecule has 2 amide bonds. The van der Waals surface area contributed by atoms with Crippen molar-refractivity contribution < 1.29 is 28.7 Å². The molecule has 2 aromatic carbocycles. The molecule has 0 saturated heterocycles. The van der Waals surface area contributed by atoms with Crippen LogP contribution in [-0.2, 0) is 4.84 Å². The van der Waals surface area contributed by atoms with Crippen molar-refractivity contribution in [3.05, 3.63) is 59.2 Å². The second kappa shape index (κ2) is 6.04. The van der Waals surface area contributed by atoms with Gasteiger partial charge in [-0.2, -0.15) is 0 Å². The zero-order valence-corrected chi connectivity index (χ0v) is 12.9. The van der Waals surface area contributed by atoms with Gasteiger partial charge in [-0.1, -0.05) is 17.2 Å². The third kappa shape index (κ3) is 2.45. The molecule has 7 heteroatoms. The van der Waals surface area contributed by atoms with E-state index in [2.05, 4.69) is 0 Å². The highest BCUT2D eigenvalue weighted by Gasteiger charge is 2.39. The number of hydrogen-bond donors (Lipinski definition) is 0. The van der Waals surface area contributed by atoms with Crippen LogP contribution in [0.5, 0.6) is 11.5 Å². The van der Waals surface area contributed by atoms with Gasteiger partial charge in [-0.25, -0.2) is 4.79 Å². The van der Waals surface area contributed by atoms with Crippen molar-refractivity contribution in [1.29, 1.82) is 0 Å². The van der Waals surface area contributed by atoms with Crippen molar-refractivity contribution in [2.45, 2.75) is 0 Å². The molecule has 1 aliphatic heterocycles. The summed E-state index contributed by atoms with van der Waals surface area (Å²) in [6.07, 6.45) is 0. The molecule has 0 atom stereocenters. The van der Waals surface area contributed by atoms with E-state index in [1.54, 1.807) is 18.2 Å². The number of methoxy groups -OCH3 is 2. The molecule has 0 bridgehead atoms. The number of ether oxygens (including phenoxy) is 2. The lowest BCUT2D eigenvalue weighted by atomic mass is 10.1. The highest BCUT2D eigenvalue weighted by atomic mass is 16.7. The largest absolute Gasteiger partial charge is 0.497 e. The minimum Gasteiger partial charge on any atom is -0.497 e. The van der Waals surface area contributed by atoms with E-state index >= 15 is 0 Å². The fourth-order valence-corrected chi connectivity index (χ4v) is 2.36. The van der Waals surface area contributed by atoms with Crippen LogP contribution in [0.25, 0.3) is 0 Å². The van der Waals surface area contributed by atoms with Gasteiger partial charge < -0.3 is 14.3 Å². The van der Waals surface area contributed by atoms with Gasteiger partial charge in [0, 0.05) is 0 Å². The molecule has 7 nitrogen and oxygen atoms in total. The van der Waals surface area contributed by atoms with Crippen molar-refractivity contribution in [1.82, 2.24) is 5.06 Å². The number of hydrogen-bond acceptors (Lipinski definition) is 6. The average molecular weight is 327 g/mol. The molecule has 122 valence electrons. The molecular formula is C17H13NO6. The maximum atomic E-state index is 12.4. The molecular weight excluding hydrogens is 314 g/mol. The summed E-state index contributed by atoms with van der Waals surface area (Å²) in [7, 11) is 2.84. The second-order valence-corrected chi connectivity index (χ2v) is 4.90. The fourth-order valence-electron chi connectivity index (χ4n) is 2.36. The van der Waals surface area contributed by atoms with E-state index in [-0.39, 0.29) is 22.4 Å². The Hall–Kier alpha value is -3.35. The van der Waals surface area contributed by atoms with E-state index in [0.29, 0.717) is 10.8 Å². The Morgan fingerprint density at radius 2 is 1.54 bits per heavy atom. The minimum atomic E-state index is -0.903. The molecule has 0 aromatic heterocycles. The van der Waals surface area contributed by atoms with Crippen molar-refractivity contribution in [3.63, 3.8) is 0 Å². The molecule has 1 heterocycles. The number of hydroxylamine groups is 2. The van der Waals surface area contributed by atoms with Crippen molar-refractivity contribution in [2.75, 3.05) is 14.2 Å². The first-order valence-corrected chi connectivity index (χ1v) is 6.99. The van der Waals surface area contributed by atoms with Gasteiger partial charge in [0.05, 0.1) is 25.3 Å². The summed E-state index contributed by atoms with van der Waals surface area (Å²) >= 11 is 0. The Balaban J connectivity index is 1.89. The number of carbonyl (C=O) groups is 3. The molecule has 3 rings (SSSR count). The van der Waals surface area contributed by atoms with Gasteiger partial charge in [0.1, 0.15) is 17.1 Å². The highest BCUT2D eigenvalue weighted by Crippen LogP contribution is 2.27. The number of benzene rings is 2.